The highest BCUT2D eigenvalue weighted by molar-refractivity contribution is 6.33. The van der Waals surface area contributed by atoms with Crippen molar-refractivity contribution in [2.24, 2.45) is 5.92 Å². The summed E-state index contributed by atoms with van der Waals surface area (Å²) in [4.78, 5) is 10.9. The number of ether oxygens (including phenoxy) is 1. The number of carbonyl (C=O) groups is 1. The monoisotopic (exact) mass is 364 g/mol. The molecule has 1 aliphatic rings. The van der Waals surface area contributed by atoms with Crippen LogP contribution in [0.15, 0.2) is 18.0 Å². The summed E-state index contributed by atoms with van der Waals surface area (Å²) in [5.74, 6) is -0.0328. The SMILES string of the molecule is CCOc1c(/C(C)=C(/F)C=O)cc2c(c1Cl)C(C)(C)CC=C2C(C)C. The summed E-state index contributed by atoms with van der Waals surface area (Å²) in [5.41, 5.74) is 3.89. The average Bonchev–Trinajstić information content (AvgIpc) is 2.54. The van der Waals surface area contributed by atoms with Crippen molar-refractivity contribution in [3.05, 3.63) is 39.7 Å². The summed E-state index contributed by atoms with van der Waals surface area (Å²) in [7, 11) is 0. The van der Waals surface area contributed by atoms with Gasteiger partial charge in [0.1, 0.15) is 5.75 Å². The molecule has 0 unspecified atom stereocenters. The maximum absolute atomic E-state index is 14.0. The molecular formula is C21H26ClFO2. The van der Waals surface area contributed by atoms with Crippen LogP contribution < -0.4 is 4.74 Å². The van der Waals surface area contributed by atoms with Crippen molar-refractivity contribution in [3.63, 3.8) is 0 Å². The smallest absolute Gasteiger partial charge is 0.178 e. The Bertz CT molecular complexity index is 758. The zero-order valence-electron chi connectivity index (χ0n) is 15.8. The molecule has 0 amide bonds. The first-order valence-electron chi connectivity index (χ1n) is 8.67. The van der Waals surface area contributed by atoms with Crippen LogP contribution in [0.2, 0.25) is 5.02 Å². The fraction of sp³-hybridized carbons (Fsp3) is 0.476. The lowest BCUT2D eigenvalue weighted by atomic mass is 9.70. The van der Waals surface area contributed by atoms with Gasteiger partial charge in [-0.05, 0) is 59.9 Å². The highest BCUT2D eigenvalue weighted by Crippen LogP contribution is 2.50. The van der Waals surface area contributed by atoms with Crippen molar-refractivity contribution >= 4 is 29.0 Å². The number of hydrogen-bond donors (Lipinski definition) is 0. The minimum Gasteiger partial charge on any atom is -0.492 e. The third kappa shape index (κ3) is 3.52. The van der Waals surface area contributed by atoms with Gasteiger partial charge in [0.2, 0.25) is 0 Å². The second kappa shape index (κ2) is 7.33. The first kappa shape index (κ1) is 19.7. The molecule has 1 aromatic rings. The highest BCUT2D eigenvalue weighted by Gasteiger charge is 2.34. The lowest BCUT2D eigenvalue weighted by molar-refractivity contribution is -0.106. The first-order valence-corrected chi connectivity index (χ1v) is 9.05. The van der Waals surface area contributed by atoms with Gasteiger partial charge in [-0.3, -0.25) is 4.79 Å². The summed E-state index contributed by atoms with van der Waals surface area (Å²) in [6.45, 7) is 12.4. The van der Waals surface area contributed by atoms with Crippen molar-refractivity contribution < 1.29 is 13.9 Å². The van der Waals surface area contributed by atoms with Crippen LogP contribution >= 0.6 is 11.6 Å². The Labute approximate surface area is 154 Å². The predicted octanol–water partition coefficient (Wildman–Crippen LogP) is 6.36. The molecule has 0 saturated carbocycles. The number of halogens is 2. The summed E-state index contributed by atoms with van der Waals surface area (Å²) < 4.78 is 19.8. The number of aldehydes is 1. The van der Waals surface area contributed by atoms with E-state index in [9.17, 15) is 9.18 Å². The molecule has 0 aromatic heterocycles. The number of fused-ring (bicyclic) bond motifs is 1. The minimum absolute atomic E-state index is 0.143. The van der Waals surface area contributed by atoms with Gasteiger partial charge in [-0.15, -0.1) is 0 Å². The zero-order valence-corrected chi connectivity index (χ0v) is 16.6. The number of hydrogen-bond acceptors (Lipinski definition) is 2. The predicted molar refractivity (Wildman–Crippen MR) is 103 cm³/mol. The Morgan fingerprint density at radius 1 is 1.44 bits per heavy atom. The maximum Gasteiger partial charge on any atom is 0.178 e. The molecule has 0 aliphatic heterocycles. The van der Waals surface area contributed by atoms with E-state index < -0.39 is 5.83 Å². The third-order valence-corrected chi connectivity index (χ3v) is 5.18. The van der Waals surface area contributed by atoms with Crippen LogP contribution in [0.1, 0.15) is 64.7 Å². The van der Waals surface area contributed by atoms with Gasteiger partial charge >= 0.3 is 0 Å². The summed E-state index contributed by atoms with van der Waals surface area (Å²) in [6.07, 6.45) is 3.35. The molecule has 0 spiro atoms. The molecule has 0 N–H and O–H groups in total. The lowest BCUT2D eigenvalue weighted by Crippen LogP contribution is -2.24. The van der Waals surface area contributed by atoms with Gasteiger partial charge in [0.25, 0.3) is 0 Å². The molecule has 0 bridgehead atoms. The van der Waals surface area contributed by atoms with Crippen LogP contribution in [0, 0.1) is 5.92 Å². The Hall–Kier alpha value is -1.61. The summed E-state index contributed by atoms with van der Waals surface area (Å²) in [5, 5.41) is 0.517. The van der Waals surface area contributed by atoms with Crippen molar-refractivity contribution in [1.29, 1.82) is 0 Å². The van der Waals surface area contributed by atoms with E-state index >= 15 is 0 Å². The number of rotatable bonds is 5. The number of carbonyl (C=O) groups excluding carboxylic acids is 1. The van der Waals surface area contributed by atoms with Gasteiger partial charge in [-0.25, -0.2) is 4.39 Å². The van der Waals surface area contributed by atoms with Gasteiger partial charge in [0, 0.05) is 5.56 Å². The van der Waals surface area contributed by atoms with Crippen LogP contribution in [-0.4, -0.2) is 12.9 Å². The van der Waals surface area contributed by atoms with Crippen LogP contribution in [0.5, 0.6) is 5.75 Å². The van der Waals surface area contributed by atoms with Crippen LogP contribution in [-0.2, 0) is 10.2 Å². The van der Waals surface area contributed by atoms with Crippen LogP contribution in [0.4, 0.5) is 4.39 Å². The van der Waals surface area contributed by atoms with E-state index in [1.165, 1.54) is 5.57 Å². The quantitative estimate of drug-likeness (QED) is 0.449. The Kier molecular flexibility index (Phi) is 5.78. The van der Waals surface area contributed by atoms with E-state index in [2.05, 4.69) is 33.8 Å². The second-order valence-electron chi connectivity index (χ2n) is 7.42. The standard InChI is InChI=1S/C21H26ClFO2/c1-7-25-20-15(13(4)17(23)11-24)10-16-14(12(2)3)8-9-21(5,6)18(16)19(20)22/h8,10-12H,7,9H2,1-6H3/b17-13+. The molecule has 0 fully saturated rings. The first-order chi connectivity index (χ1) is 11.7. The Morgan fingerprint density at radius 3 is 2.60 bits per heavy atom. The molecule has 25 heavy (non-hydrogen) atoms. The summed E-state index contributed by atoms with van der Waals surface area (Å²) >= 11 is 6.77. The fourth-order valence-corrected chi connectivity index (χ4v) is 3.94. The van der Waals surface area contributed by atoms with Gasteiger partial charge in [0.15, 0.2) is 12.1 Å². The molecule has 1 aromatic carbocycles. The van der Waals surface area contributed by atoms with E-state index in [1.54, 1.807) is 6.92 Å². The summed E-state index contributed by atoms with van der Waals surface area (Å²) in [6, 6.07) is 1.93. The zero-order chi connectivity index (χ0) is 18.9. The molecule has 0 heterocycles. The largest absolute Gasteiger partial charge is 0.492 e. The van der Waals surface area contributed by atoms with Crippen molar-refractivity contribution in [3.8, 4) is 5.75 Å². The number of allylic oxidation sites excluding steroid dienone is 4. The Balaban J connectivity index is 2.90. The minimum atomic E-state index is -0.804. The van der Waals surface area contributed by atoms with E-state index in [1.807, 2.05) is 13.0 Å². The molecule has 4 heteroatoms. The van der Waals surface area contributed by atoms with E-state index in [0.717, 1.165) is 17.5 Å². The third-order valence-electron chi connectivity index (χ3n) is 4.82. The molecule has 2 nitrogen and oxygen atoms in total. The van der Waals surface area contributed by atoms with Gasteiger partial charge in [0.05, 0.1) is 11.6 Å². The van der Waals surface area contributed by atoms with Crippen LogP contribution in [0.25, 0.3) is 11.1 Å². The number of benzene rings is 1. The molecule has 0 atom stereocenters. The van der Waals surface area contributed by atoms with Crippen molar-refractivity contribution in [2.75, 3.05) is 6.61 Å². The van der Waals surface area contributed by atoms with E-state index in [0.29, 0.717) is 28.9 Å². The second-order valence-corrected chi connectivity index (χ2v) is 7.79. The average molecular weight is 365 g/mol. The van der Waals surface area contributed by atoms with Gasteiger partial charge in [-0.1, -0.05) is 45.4 Å². The molecule has 0 radical (unpaired) electrons. The highest BCUT2D eigenvalue weighted by atomic mass is 35.5. The topological polar surface area (TPSA) is 26.3 Å². The molecule has 0 saturated heterocycles. The normalized spacial score (nSPS) is 16.9. The van der Waals surface area contributed by atoms with Gasteiger partial charge in [-0.2, -0.15) is 0 Å². The molecule has 2 rings (SSSR count). The maximum atomic E-state index is 14.0. The van der Waals surface area contributed by atoms with E-state index in [4.69, 9.17) is 16.3 Å². The van der Waals surface area contributed by atoms with Crippen LogP contribution in [0.3, 0.4) is 0 Å². The van der Waals surface area contributed by atoms with Gasteiger partial charge < -0.3 is 4.74 Å². The molecule has 1 aliphatic carbocycles. The molecule has 136 valence electrons. The van der Waals surface area contributed by atoms with Crippen molar-refractivity contribution in [1.82, 2.24) is 0 Å². The van der Waals surface area contributed by atoms with E-state index in [-0.39, 0.29) is 17.3 Å². The lowest BCUT2D eigenvalue weighted by Gasteiger charge is -2.35. The Morgan fingerprint density at radius 2 is 2.08 bits per heavy atom. The molecular weight excluding hydrogens is 339 g/mol. The fourth-order valence-electron chi connectivity index (χ4n) is 3.43. The van der Waals surface area contributed by atoms with Crippen molar-refractivity contribution in [2.45, 2.75) is 53.4 Å².